The summed E-state index contributed by atoms with van der Waals surface area (Å²) < 4.78 is 29.5. The smallest absolute Gasteiger partial charge is 0.191 e. The summed E-state index contributed by atoms with van der Waals surface area (Å²) in [6.07, 6.45) is 10.7. The molecule has 0 amide bonds. The van der Waals surface area contributed by atoms with Gasteiger partial charge in [-0.15, -0.1) is 6.58 Å². The monoisotopic (exact) mass is 383 g/mol. The highest BCUT2D eigenvalue weighted by atomic mass is 32.2. The van der Waals surface area contributed by atoms with Gasteiger partial charge in [0.1, 0.15) is 0 Å². The fourth-order valence-electron chi connectivity index (χ4n) is 4.45. The summed E-state index contributed by atoms with van der Waals surface area (Å²) in [7, 11) is -2.85. The summed E-state index contributed by atoms with van der Waals surface area (Å²) in [4.78, 5) is 4.68. The molecule has 2 atom stereocenters. The number of nitrogens with one attached hydrogen (secondary N) is 2. The van der Waals surface area contributed by atoms with Crippen molar-refractivity contribution in [2.45, 2.75) is 63.0 Å². The predicted molar refractivity (Wildman–Crippen MR) is 105 cm³/mol. The molecule has 0 radical (unpaired) electrons. The number of sulfone groups is 1. The maximum absolute atomic E-state index is 11.6. The van der Waals surface area contributed by atoms with Gasteiger partial charge < -0.3 is 15.4 Å². The van der Waals surface area contributed by atoms with Gasteiger partial charge >= 0.3 is 0 Å². The average Bonchev–Trinajstić information content (AvgIpc) is 2.97. The Labute approximate surface area is 157 Å². The van der Waals surface area contributed by atoms with Gasteiger partial charge in [-0.05, 0) is 38.0 Å². The molecule has 26 heavy (non-hydrogen) atoms. The van der Waals surface area contributed by atoms with Crippen LogP contribution < -0.4 is 10.6 Å². The molecule has 1 aliphatic carbocycles. The van der Waals surface area contributed by atoms with Crippen molar-refractivity contribution >= 4 is 15.8 Å². The van der Waals surface area contributed by atoms with E-state index >= 15 is 0 Å². The summed E-state index contributed by atoms with van der Waals surface area (Å²) in [5.74, 6) is 1.48. The minimum Gasteiger partial charge on any atom is -0.375 e. The first kappa shape index (κ1) is 19.7. The Hall–Kier alpha value is -1.08. The van der Waals surface area contributed by atoms with Gasteiger partial charge in [-0.1, -0.05) is 25.3 Å². The maximum Gasteiger partial charge on any atom is 0.191 e. The van der Waals surface area contributed by atoms with E-state index in [-0.39, 0.29) is 17.3 Å². The molecular weight excluding hydrogens is 350 g/mol. The largest absolute Gasteiger partial charge is 0.375 e. The highest BCUT2D eigenvalue weighted by molar-refractivity contribution is 7.91. The number of rotatable bonds is 5. The van der Waals surface area contributed by atoms with Crippen LogP contribution in [-0.4, -0.2) is 57.2 Å². The third-order valence-corrected chi connectivity index (χ3v) is 7.68. The Morgan fingerprint density at radius 3 is 2.77 bits per heavy atom. The molecular formula is C19H33N3O3S. The number of nitrogens with zero attached hydrogens (tertiary/aromatic N) is 1. The van der Waals surface area contributed by atoms with Crippen LogP contribution in [0.15, 0.2) is 17.6 Å². The number of hydrogen-bond acceptors (Lipinski definition) is 4. The van der Waals surface area contributed by atoms with Crippen molar-refractivity contribution in [2.75, 3.05) is 31.2 Å². The van der Waals surface area contributed by atoms with Crippen molar-refractivity contribution in [3.8, 4) is 0 Å². The molecule has 1 spiro atoms. The van der Waals surface area contributed by atoms with Crippen molar-refractivity contribution in [3.05, 3.63) is 12.7 Å². The van der Waals surface area contributed by atoms with Crippen LogP contribution in [0.25, 0.3) is 0 Å². The first-order valence-electron chi connectivity index (χ1n) is 10.0. The second-order valence-electron chi connectivity index (χ2n) is 8.05. The molecule has 2 saturated heterocycles. The van der Waals surface area contributed by atoms with E-state index in [2.05, 4.69) is 22.2 Å². The van der Waals surface area contributed by atoms with Crippen LogP contribution in [0.4, 0.5) is 0 Å². The molecule has 0 aromatic rings. The van der Waals surface area contributed by atoms with Gasteiger partial charge in [0.2, 0.25) is 0 Å². The van der Waals surface area contributed by atoms with Crippen molar-refractivity contribution in [1.29, 1.82) is 0 Å². The van der Waals surface area contributed by atoms with Gasteiger partial charge in [0.25, 0.3) is 0 Å². The van der Waals surface area contributed by atoms with Crippen LogP contribution in [0.5, 0.6) is 0 Å². The van der Waals surface area contributed by atoms with Crippen molar-refractivity contribution in [3.63, 3.8) is 0 Å². The highest BCUT2D eigenvalue weighted by Crippen LogP contribution is 2.38. The fraction of sp³-hybridized carbons (Fsp3) is 0.842. The Bertz CT molecular complexity index is 606. The number of aliphatic imine (C=N–C) groups is 1. The standard InChI is InChI=1S/C19H33N3O3S/c1-2-10-20-18(21-14-16-7-12-26(23,24)15-16)22-17-6-11-25-19(13-17)8-4-3-5-9-19/h2,16-17H,1,3-15H2,(H2,20,21,22). The normalized spacial score (nSPS) is 30.8. The highest BCUT2D eigenvalue weighted by Gasteiger charge is 2.38. The SMILES string of the molecule is C=CCNC(=NCC1CCS(=O)(=O)C1)NC1CCOC2(CCCCC2)C1. The second-order valence-corrected chi connectivity index (χ2v) is 10.3. The molecule has 2 aliphatic heterocycles. The number of guanidine groups is 1. The number of hydrogen-bond donors (Lipinski definition) is 2. The van der Waals surface area contributed by atoms with Crippen LogP contribution in [-0.2, 0) is 14.6 Å². The van der Waals surface area contributed by atoms with Crippen molar-refractivity contribution < 1.29 is 13.2 Å². The summed E-state index contributed by atoms with van der Waals surface area (Å²) in [5, 5.41) is 6.85. The van der Waals surface area contributed by atoms with Gasteiger partial charge in [0.05, 0.1) is 17.1 Å². The lowest BCUT2D eigenvalue weighted by molar-refractivity contribution is -0.107. The van der Waals surface area contributed by atoms with E-state index in [1.54, 1.807) is 0 Å². The van der Waals surface area contributed by atoms with Gasteiger partial charge in [-0.3, -0.25) is 4.99 Å². The fourth-order valence-corrected chi connectivity index (χ4v) is 6.30. The Morgan fingerprint density at radius 2 is 2.08 bits per heavy atom. The van der Waals surface area contributed by atoms with Crippen LogP contribution in [0.1, 0.15) is 51.4 Å². The predicted octanol–water partition coefficient (Wildman–Crippen LogP) is 2.02. The lowest BCUT2D eigenvalue weighted by atomic mass is 9.78. The van der Waals surface area contributed by atoms with Gasteiger partial charge in [-0.2, -0.15) is 0 Å². The van der Waals surface area contributed by atoms with E-state index in [0.717, 1.165) is 44.7 Å². The first-order valence-corrected chi connectivity index (χ1v) is 11.8. The van der Waals surface area contributed by atoms with Crippen LogP contribution in [0.2, 0.25) is 0 Å². The average molecular weight is 384 g/mol. The van der Waals surface area contributed by atoms with Gasteiger partial charge in [0, 0.05) is 25.7 Å². The summed E-state index contributed by atoms with van der Waals surface area (Å²) >= 11 is 0. The minimum atomic E-state index is -2.85. The van der Waals surface area contributed by atoms with Crippen LogP contribution in [0.3, 0.4) is 0 Å². The molecule has 3 fully saturated rings. The summed E-state index contributed by atoms with van der Waals surface area (Å²) in [6, 6.07) is 0.352. The Kier molecular flexibility index (Phi) is 6.61. The molecule has 6 nitrogen and oxygen atoms in total. The van der Waals surface area contributed by atoms with E-state index < -0.39 is 9.84 Å². The first-order chi connectivity index (χ1) is 12.5. The van der Waals surface area contributed by atoms with Gasteiger partial charge in [0.15, 0.2) is 15.8 Å². The van der Waals surface area contributed by atoms with E-state index in [0.29, 0.717) is 24.9 Å². The van der Waals surface area contributed by atoms with Crippen LogP contribution >= 0.6 is 0 Å². The van der Waals surface area contributed by atoms with Crippen molar-refractivity contribution in [1.82, 2.24) is 10.6 Å². The minimum absolute atomic E-state index is 0.0528. The summed E-state index contributed by atoms with van der Waals surface area (Å²) in [6.45, 7) is 5.76. The Balaban J connectivity index is 1.58. The van der Waals surface area contributed by atoms with Crippen LogP contribution in [0, 0.1) is 5.92 Å². The maximum atomic E-state index is 11.6. The van der Waals surface area contributed by atoms with E-state index in [1.165, 1.54) is 19.3 Å². The zero-order valence-electron chi connectivity index (χ0n) is 15.7. The number of ether oxygens (including phenoxy) is 1. The molecule has 7 heteroatoms. The molecule has 0 aromatic carbocycles. The second kappa shape index (κ2) is 8.74. The molecule has 3 aliphatic rings. The third-order valence-electron chi connectivity index (χ3n) is 5.85. The van der Waals surface area contributed by atoms with E-state index in [1.807, 2.05) is 6.08 Å². The van der Waals surface area contributed by atoms with Crippen molar-refractivity contribution in [2.24, 2.45) is 10.9 Å². The molecule has 0 aromatic heterocycles. The lowest BCUT2D eigenvalue weighted by Gasteiger charge is -2.44. The molecule has 148 valence electrons. The molecule has 1 saturated carbocycles. The van der Waals surface area contributed by atoms with E-state index in [4.69, 9.17) is 4.74 Å². The van der Waals surface area contributed by atoms with E-state index in [9.17, 15) is 8.42 Å². The summed E-state index contributed by atoms with van der Waals surface area (Å²) in [5.41, 5.74) is 0.0528. The molecule has 2 unspecified atom stereocenters. The Morgan fingerprint density at radius 1 is 1.27 bits per heavy atom. The quantitative estimate of drug-likeness (QED) is 0.431. The molecule has 2 heterocycles. The van der Waals surface area contributed by atoms with Gasteiger partial charge in [-0.25, -0.2) is 8.42 Å². The zero-order valence-corrected chi connectivity index (χ0v) is 16.5. The topological polar surface area (TPSA) is 79.8 Å². The zero-order chi connectivity index (χ0) is 18.5. The molecule has 2 N–H and O–H groups in total. The molecule has 3 rings (SSSR count). The lowest BCUT2D eigenvalue weighted by Crippen LogP contribution is -2.52. The molecule has 0 bridgehead atoms. The third kappa shape index (κ3) is 5.46.